The zero-order valence-corrected chi connectivity index (χ0v) is 7.84. The molecule has 1 aliphatic carbocycles. The smallest absolute Gasteiger partial charge is 0.0292 e. The number of hydrogen-bond donors (Lipinski definition) is 1. The predicted molar refractivity (Wildman–Crippen MR) is 51.2 cm³/mol. The largest absolute Gasteiger partial charge is 0.309 e. The van der Waals surface area contributed by atoms with E-state index in [1.807, 2.05) is 0 Å². The van der Waals surface area contributed by atoms with Crippen molar-refractivity contribution in [2.24, 2.45) is 0 Å². The standard InChI is InChI=1S/C10H18N2/c1-12-7-6-11-10-5-3-2-4-9(10)8-12/h4,10-11H,2-3,5-8H2,1H3. The quantitative estimate of drug-likeness (QED) is 0.540. The van der Waals surface area contributed by atoms with Crippen LogP contribution in [0.4, 0.5) is 0 Å². The number of nitrogens with zero attached hydrogens (tertiary/aromatic N) is 1. The summed E-state index contributed by atoms with van der Waals surface area (Å²) >= 11 is 0. The van der Waals surface area contributed by atoms with Gasteiger partial charge in [0.1, 0.15) is 0 Å². The molecule has 0 saturated carbocycles. The number of fused-ring (bicyclic) bond motifs is 1. The van der Waals surface area contributed by atoms with Gasteiger partial charge in [0.05, 0.1) is 0 Å². The molecule has 1 aliphatic heterocycles. The van der Waals surface area contributed by atoms with E-state index in [9.17, 15) is 0 Å². The maximum Gasteiger partial charge on any atom is 0.0292 e. The lowest BCUT2D eigenvalue weighted by Gasteiger charge is -2.23. The van der Waals surface area contributed by atoms with Crippen molar-refractivity contribution in [3.05, 3.63) is 11.6 Å². The second-order valence-corrected chi connectivity index (χ2v) is 3.95. The minimum Gasteiger partial charge on any atom is -0.309 e. The molecule has 0 spiro atoms. The Labute approximate surface area is 74.6 Å². The lowest BCUT2D eigenvalue weighted by atomic mass is 9.94. The zero-order valence-electron chi connectivity index (χ0n) is 7.84. The van der Waals surface area contributed by atoms with Crippen molar-refractivity contribution in [2.75, 3.05) is 26.7 Å². The van der Waals surface area contributed by atoms with E-state index >= 15 is 0 Å². The zero-order chi connectivity index (χ0) is 8.39. The lowest BCUT2D eigenvalue weighted by Crippen LogP contribution is -2.32. The highest BCUT2D eigenvalue weighted by atomic mass is 15.1. The fraction of sp³-hybridized carbons (Fsp3) is 0.800. The fourth-order valence-electron chi connectivity index (χ4n) is 2.17. The molecule has 2 aliphatic rings. The van der Waals surface area contributed by atoms with E-state index in [1.165, 1.54) is 32.4 Å². The van der Waals surface area contributed by atoms with Crippen LogP contribution in [-0.2, 0) is 0 Å². The Balaban J connectivity index is 2.08. The summed E-state index contributed by atoms with van der Waals surface area (Å²) < 4.78 is 0. The van der Waals surface area contributed by atoms with E-state index in [-0.39, 0.29) is 0 Å². The van der Waals surface area contributed by atoms with E-state index in [0.29, 0.717) is 6.04 Å². The number of likely N-dealkylation sites (N-methyl/N-ethyl adjacent to an activating group) is 1. The fourth-order valence-corrected chi connectivity index (χ4v) is 2.17. The molecule has 1 atom stereocenters. The Kier molecular flexibility index (Phi) is 2.47. The van der Waals surface area contributed by atoms with Crippen molar-refractivity contribution < 1.29 is 0 Å². The summed E-state index contributed by atoms with van der Waals surface area (Å²) in [5.74, 6) is 0. The highest BCUT2D eigenvalue weighted by molar-refractivity contribution is 5.16. The van der Waals surface area contributed by atoms with Gasteiger partial charge in [0.15, 0.2) is 0 Å². The van der Waals surface area contributed by atoms with Gasteiger partial charge in [-0.05, 0) is 31.9 Å². The van der Waals surface area contributed by atoms with Gasteiger partial charge in [0, 0.05) is 25.7 Å². The van der Waals surface area contributed by atoms with Gasteiger partial charge in [0.25, 0.3) is 0 Å². The summed E-state index contributed by atoms with van der Waals surface area (Å²) in [5, 5.41) is 3.60. The Bertz CT molecular complexity index is 186. The summed E-state index contributed by atoms with van der Waals surface area (Å²) in [6.45, 7) is 3.52. The first-order valence-electron chi connectivity index (χ1n) is 4.97. The van der Waals surface area contributed by atoms with Crippen LogP contribution in [0.2, 0.25) is 0 Å². The van der Waals surface area contributed by atoms with Crippen LogP contribution in [0.15, 0.2) is 11.6 Å². The minimum absolute atomic E-state index is 0.698. The summed E-state index contributed by atoms with van der Waals surface area (Å²) in [4.78, 5) is 2.41. The molecule has 0 bridgehead atoms. The average molecular weight is 166 g/mol. The molecule has 0 aromatic carbocycles. The summed E-state index contributed by atoms with van der Waals surface area (Å²) in [5.41, 5.74) is 1.63. The Morgan fingerprint density at radius 3 is 3.42 bits per heavy atom. The van der Waals surface area contributed by atoms with Crippen LogP contribution in [0, 0.1) is 0 Å². The van der Waals surface area contributed by atoms with Gasteiger partial charge in [-0.15, -0.1) is 0 Å². The van der Waals surface area contributed by atoms with Crippen LogP contribution in [-0.4, -0.2) is 37.6 Å². The lowest BCUT2D eigenvalue weighted by molar-refractivity contribution is 0.379. The van der Waals surface area contributed by atoms with Gasteiger partial charge >= 0.3 is 0 Å². The predicted octanol–water partition coefficient (Wildman–Crippen LogP) is 1.00. The monoisotopic (exact) mass is 166 g/mol. The highest BCUT2D eigenvalue weighted by Gasteiger charge is 2.20. The third kappa shape index (κ3) is 1.70. The van der Waals surface area contributed by atoms with Gasteiger partial charge in [-0.2, -0.15) is 0 Å². The molecule has 0 aromatic heterocycles. The highest BCUT2D eigenvalue weighted by Crippen LogP contribution is 2.20. The van der Waals surface area contributed by atoms with Gasteiger partial charge in [0.2, 0.25) is 0 Å². The normalized spacial score (nSPS) is 32.1. The molecule has 2 heteroatoms. The van der Waals surface area contributed by atoms with Crippen molar-refractivity contribution >= 4 is 0 Å². The average Bonchev–Trinajstić information content (AvgIpc) is 2.25. The van der Waals surface area contributed by atoms with Crippen molar-refractivity contribution in [2.45, 2.75) is 25.3 Å². The van der Waals surface area contributed by atoms with E-state index in [4.69, 9.17) is 0 Å². The third-order valence-electron chi connectivity index (χ3n) is 2.89. The first-order chi connectivity index (χ1) is 5.86. The molecule has 1 heterocycles. The number of nitrogens with one attached hydrogen (secondary N) is 1. The molecular formula is C10H18N2. The molecule has 0 amide bonds. The van der Waals surface area contributed by atoms with Crippen LogP contribution in [0.25, 0.3) is 0 Å². The Morgan fingerprint density at radius 1 is 1.58 bits per heavy atom. The first kappa shape index (κ1) is 8.27. The molecule has 68 valence electrons. The molecule has 0 aromatic rings. The summed E-state index contributed by atoms with van der Waals surface area (Å²) in [6.07, 6.45) is 6.44. The van der Waals surface area contributed by atoms with Gasteiger partial charge in [-0.3, -0.25) is 0 Å². The van der Waals surface area contributed by atoms with Crippen molar-refractivity contribution in [1.29, 1.82) is 0 Å². The molecule has 2 rings (SSSR count). The SMILES string of the molecule is CN1CCNC2CCCC=C2C1. The first-order valence-corrected chi connectivity index (χ1v) is 4.97. The minimum atomic E-state index is 0.698. The second kappa shape index (κ2) is 3.58. The summed E-state index contributed by atoms with van der Waals surface area (Å²) in [7, 11) is 2.21. The maximum atomic E-state index is 3.60. The molecule has 12 heavy (non-hydrogen) atoms. The van der Waals surface area contributed by atoms with Crippen molar-refractivity contribution in [3.8, 4) is 0 Å². The number of allylic oxidation sites excluding steroid dienone is 1. The summed E-state index contributed by atoms with van der Waals surface area (Å²) in [6, 6.07) is 0.698. The topological polar surface area (TPSA) is 15.3 Å². The molecule has 1 fully saturated rings. The number of hydrogen-bond acceptors (Lipinski definition) is 2. The molecule has 1 N–H and O–H groups in total. The Hall–Kier alpha value is -0.340. The molecule has 1 saturated heterocycles. The van der Waals surface area contributed by atoms with Crippen molar-refractivity contribution in [1.82, 2.24) is 10.2 Å². The second-order valence-electron chi connectivity index (χ2n) is 3.95. The van der Waals surface area contributed by atoms with E-state index in [1.54, 1.807) is 5.57 Å². The van der Waals surface area contributed by atoms with E-state index in [0.717, 1.165) is 6.54 Å². The van der Waals surface area contributed by atoms with Crippen LogP contribution < -0.4 is 5.32 Å². The van der Waals surface area contributed by atoms with E-state index in [2.05, 4.69) is 23.3 Å². The van der Waals surface area contributed by atoms with Gasteiger partial charge < -0.3 is 10.2 Å². The third-order valence-corrected chi connectivity index (χ3v) is 2.89. The molecule has 2 nitrogen and oxygen atoms in total. The number of rotatable bonds is 0. The molecular weight excluding hydrogens is 148 g/mol. The molecule has 0 radical (unpaired) electrons. The van der Waals surface area contributed by atoms with Gasteiger partial charge in [-0.25, -0.2) is 0 Å². The van der Waals surface area contributed by atoms with Crippen LogP contribution in [0.1, 0.15) is 19.3 Å². The molecule has 1 unspecified atom stereocenters. The van der Waals surface area contributed by atoms with E-state index < -0.39 is 0 Å². The maximum absolute atomic E-state index is 3.60. The van der Waals surface area contributed by atoms with Crippen LogP contribution in [0.5, 0.6) is 0 Å². The van der Waals surface area contributed by atoms with Gasteiger partial charge in [-0.1, -0.05) is 6.08 Å². The van der Waals surface area contributed by atoms with Crippen LogP contribution >= 0.6 is 0 Å². The Morgan fingerprint density at radius 2 is 2.50 bits per heavy atom. The van der Waals surface area contributed by atoms with Crippen LogP contribution in [0.3, 0.4) is 0 Å². The van der Waals surface area contributed by atoms with Crippen molar-refractivity contribution in [3.63, 3.8) is 0 Å².